The van der Waals surface area contributed by atoms with Gasteiger partial charge in [-0.3, -0.25) is 9.48 Å². The second kappa shape index (κ2) is 7.87. The molecule has 0 bridgehead atoms. The fourth-order valence-corrected chi connectivity index (χ4v) is 4.54. The van der Waals surface area contributed by atoms with Crippen LogP contribution >= 0.6 is 0 Å². The first-order chi connectivity index (χ1) is 12.1. The first kappa shape index (κ1) is 18.4. The topological polar surface area (TPSA) is 68.2 Å². The van der Waals surface area contributed by atoms with Gasteiger partial charge in [0.05, 0.1) is 12.1 Å². The molecule has 2 heterocycles. The molecule has 3 rings (SSSR count). The third kappa shape index (κ3) is 3.47. The van der Waals surface area contributed by atoms with E-state index in [0.717, 1.165) is 51.8 Å². The number of rotatable bonds is 7. The highest BCUT2D eigenvalue weighted by Crippen LogP contribution is 2.48. The van der Waals surface area contributed by atoms with Crippen LogP contribution in [0.5, 0.6) is 0 Å². The average Bonchev–Trinajstić information content (AvgIpc) is 3.13. The number of nitrogens with one attached hydrogen (secondary N) is 2. The fraction of sp³-hybridized carbons (Fsp3) is 0.789. The Bertz CT molecular complexity index is 576. The van der Waals surface area contributed by atoms with Crippen LogP contribution in [0.1, 0.15) is 69.4 Å². The minimum absolute atomic E-state index is 0.0571. The lowest BCUT2D eigenvalue weighted by molar-refractivity contribution is -0.134. The van der Waals surface area contributed by atoms with Crippen molar-refractivity contribution in [3.8, 4) is 0 Å². The maximum absolute atomic E-state index is 12.7. The Morgan fingerprint density at radius 2 is 2.24 bits per heavy atom. The molecule has 0 radical (unpaired) electrons. The normalized spacial score (nSPS) is 28.4. The first-order valence-corrected chi connectivity index (χ1v) is 9.83. The van der Waals surface area contributed by atoms with Gasteiger partial charge in [-0.25, -0.2) is 0 Å². The first-order valence-electron chi connectivity index (χ1n) is 9.83. The lowest BCUT2D eigenvalue weighted by Crippen LogP contribution is -2.64. The second-order valence-corrected chi connectivity index (χ2v) is 7.33. The van der Waals surface area contributed by atoms with E-state index in [4.69, 9.17) is 4.74 Å². The lowest BCUT2D eigenvalue weighted by Gasteiger charge is -2.55. The summed E-state index contributed by atoms with van der Waals surface area (Å²) in [5, 5.41) is 11.1. The molecule has 2 aliphatic rings. The van der Waals surface area contributed by atoms with Gasteiger partial charge < -0.3 is 15.4 Å². The highest BCUT2D eigenvalue weighted by atomic mass is 16.5. The molecule has 1 aliphatic heterocycles. The monoisotopic (exact) mass is 348 g/mol. The number of piperidine rings is 1. The highest BCUT2D eigenvalue weighted by Gasteiger charge is 2.53. The number of carbonyl (C=O) groups is 1. The van der Waals surface area contributed by atoms with Gasteiger partial charge in [0.2, 0.25) is 0 Å². The van der Waals surface area contributed by atoms with Crippen molar-refractivity contribution in [2.24, 2.45) is 5.41 Å². The molecule has 25 heavy (non-hydrogen) atoms. The number of hydrogen-bond acceptors (Lipinski definition) is 4. The van der Waals surface area contributed by atoms with Gasteiger partial charge in [0.1, 0.15) is 5.69 Å². The van der Waals surface area contributed by atoms with E-state index in [1.54, 1.807) is 0 Å². The molecule has 1 saturated heterocycles. The SMILES string of the molecule is CCOC1CC(NC(=O)c2ccn(C3CCCNC3)n2)C1(CC)CC. The Morgan fingerprint density at radius 1 is 1.44 bits per heavy atom. The molecule has 0 aromatic carbocycles. The van der Waals surface area contributed by atoms with Crippen molar-refractivity contribution < 1.29 is 9.53 Å². The summed E-state index contributed by atoms with van der Waals surface area (Å²) in [6.45, 7) is 9.15. The summed E-state index contributed by atoms with van der Waals surface area (Å²) in [6.07, 6.45) is 7.38. The zero-order valence-corrected chi connectivity index (χ0v) is 15.8. The van der Waals surface area contributed by atoms with Crippen LogP contribution in [0.3, 0.4) is 0 Å². The molecule has 2 N–H and O–H groups in total. The smallest absolute Gasteiger partial charge is 0.272 e. The molecule has 1 aromatic rings. The van der Waals surface area contributed by atoms with Gasteiger partial charge in [-0.05, 0) is 51.6 Å². The van der Waals surface area contributed by atoms with Gasteiger partial charge in [-0.2, -0.15) is 5.10 Å². The summed E-state index contributed by atoms with van der Waals surface area (Å²) in [5.74, 6) is -0.0613. The van der Waals surface area contributed by atoms with Crippen molar-refractivity contribution in [3.05, 3.63) is 18.0 Å². The van der Waals surface area contributed by atoms with Crippen molar-refractivity contribution in [2.45, 2.75) is 71.1 Å². The number of aromatic nitrogens is 2. The van der Waals surface area contributed by atoms with Crippen LogP contribution in [0.2, 0.25) is 0 Å². The van der Waals surface area contributed by atoms with E-state index >= 15 is 0 Å². The molecule has 1 aromatic heterocycles. The van der Waals surface area contributed by atoms with Gasteiger partial charge in [-0.15, -0.1) is 0 Å². The van der Waals surface area contributed by atoms with Gasteiger partial charge in [0, 0.05) is 30.8 Å². The maximum atomic E-state index is 12.7. The molecule has 1 amide bonds. The predicted octanol–water partition coefficient (Wildman–Crippen LogP) is 2.52. The fourth-order valence-electron chi connectivity index (χ4n) is 4.54. The van der Waals surface area contributed by atoms with Crippen molar-refractivity contribution >= 4 is 5.91 Å². The van der Waals surface area contributed by atoms with Crippen LogP contribution in [-0.4, -0.2) is 47.5 Å². The summed E-state index contributed by atoms with van der Waals surface area (Å²) in [6, 6.07) is 2.36. The summed E-state index contributed by atoms with van der Waals surface area (Å²) in [4.78, 5) is 12.7. The third-order valence-corrected chi connectivity index (χ3v) is 6.26. The molecule has 1 aliphatic carbocycles. The summed E-state index contributed by atoms with van der Waals surface area (Å²) >= 11 is 0. The van der Waals surface area contributed by atoms with E-state index in [2.05, 4.69) is 29.6 Å². The van der Waals surface area contributed by atoms with Gasteiger partial charge in [0.15, 0.2) is 0 Å². The Hall–Kier alpha value is -1.40. The molecule has 3 atom stereocenters. The Morgan fingerprint density at radius 3 is 2.88 bits per heavy atom. The molecule has 6 nitrogen and oxygen atoms in total. The Balaban J connectivity index is 1.63. The molecule has 0 spiro atoms. The number of ether oxygens (including phenoxy) is 1. The molecular formula is C19H32N4O2. The van der Waals surface area contributed by atoms with Crippen LogP contribution in [0, 0.1) is 5.41 Å². The number of nitrogens with zero attached hydrogens (tertiary/aromatic N) is 2. The van der Waals surface area contributed by atoms with E-state index in [-0.39, 0.29) is 23.5 Å². The minimum atomic E-state index is -0.0613. The van der Waals surface area contributed by atoms with Gasteiger partial charge in [-0.1, -0.05) is 13.8 Å². The van der Waals surface area contributed by atoms with E-state index < -0.39 is 0 Å². The molecule has 3 unspecified atom stereocenters. The van der Waals surface area contributed by atoms with Crippen molar-refractivity contribution in [2.75, 3.05) is 19.7 Å². The van der Waals surface area contributed by atoms with Crippen LogP contribution < -0.4 is 10.6 Å². The van der Waals surface area contributed by atoms with E-state index in [1.807, 2.05) is 23.9 Å². The minimum Gasteiger partial charge on any atom is -0.378 e. The highest BCUT2D eigenvalue weighted by molar-refractivity contribution is 5.92. The second-order valence-electron chi connectivity index (χ2n) is 7.33. The molecule has 140 valence electrons. The van der Waals surface area contributed by atoms with Crippen LogP contribution in [0.4, 0.5) is 0 Å². The largest absolute Gasteiger partial charge is 0.378 e. The van der Waals surface area contributed by atoms with Crippen LogP contribution in [0.15, 0.2) is 12.3 Å². The lowest BCUT2D eigenvalue weighted by atomic mass is 9.58. The molecule has 1 saturated carbocycles. The summed E-state index contributed by atoms with van der Waals surface area (Å²) < 4.78 is 7.84. The summed E-state index contributed by atoms with van der Waals surface area (Å²) in [5.41, 5.74) is 0.577. The quantitative estimate of drug-likeness (QED) is 0.794. The predicted molar refractivity (Wildman–Crippen MR) is 97.7 cm³/mol. The standard InChI is InChI=1S/C19H32N4O2/c1-4-19(5-2)16(12-17(19)25-6-3)21-18(24)15-9-11-23(22-15)14-8-7-10-20-13-14/h9,11,14,16-17,20H,4-8,10,12-13H2,1-3H3,(H,21,24). The maximum Gasteiger partial charge on any atom is 0.272 e. The van der Waals surface area contributed by atoms with Gasteiger partial charge >= 0.3 is 0 Å². The third-order valence-electron chi connectivity index (χ3n) is 6.26. The zero-order chi connectivity index (χ0) is 17.9. The van der Waals surface area contributed by atoms with E-state index in [0.29, 0.717) is 11.7 Å². The Labute approximate surface area is 150 Å². The number of hydrogen-bond donors (Lipinski definition) is 2. The number of amides is 1. The molecular weight excluding hydrogens is 316 g/mol. The molecule has 2 fully saturated rings. The van der Waals surface area contributed by atoms with Crippen LogP contribution in [0.25, 0.3) is 0 Å². The van der Waals surface area contributed by atoms with Crippen LogP contribution in [-0.2, 0) is 4.74 Å². The Kier molecular flexibility index (Phi) is 5.79. The van der Waals surface area contributed by atoms with Crippen molar-refractivity contribution in [3.63, 3.8) is 0 Å². The van der Waals surface area contributed by atoms with E-state index in [9.17, 15) is 4.79 Å². The van der Waals surface area contributed by atoms with Crippen molar-refractivity contribution in [1.82, 2.24) is 20.4 Å². The van der Waals surface area contributed by atoms with Crippen molar-refractivity contribution in [1.29, 1.82) is 0 Å². The van der Waals surface area contributed by atoms with E-state index in [1.165, 1.54) is 0 Å². The average molecular weight is 348 g/mol. The summed E-state index contributed by atoms with van der Waals surface area (Å²) in [7, 11) is 0. The molecule has 6 heteroatoms. The zero-order valence-electron chi connectivity index (χ0n) is 15.8. The van der Waals surface area contributed by atoms with Gasteiger partial charge in [0.25, 0.3) is 5.91 Å². The number of carbonyl (C=O) groups excluding carboxylic acids is 1.